The number of nitrogens with zero attached hydrogens (tertiary/aromatic N) is 2. The van der Waals surface area contributed by atoms with Gasteiger partial charge in [0.2, 0.25) is 5.91 Å². The molecule has 0 radical (unpaired) electrons. The van der Waals surface area contributed by atoms with Gasteiger partial charge in [0.15, 0.2) is 0 Å². The van der Waals surface area contributed by atoms with E-state index in [9.17, 15) is 14.7 Å². The molecule has 1 N–H and O–H groups in total. The first-order valence-corrected chi connectivity index (χ1v) is 7.84. The number of carbonyl (C=O) groups is 2. The van der Waals surface area contributed by atoms with Gasteiger partial charge in [0, 0.05) is 30.5 Å². The Hall–Kier alpha value is -1.15. The van der Waals surface area contributed by atoms with Gasteiger partial charge in [-0.25, -0.2) is 0 Å². The molecule has 7 nitrogen and oxygen atoms in total. The van der Waals surface area contributed by atoms with E-state index in [0.29, 0.717) is 25.1 Å². The maximum absolute atomic E-state index is 12.5. The van der Waals surface area contributed by atoms with Crippen molar-refractivity contribution in [2.45, 2.75) is 50.4 Å². The number of rotatable bonds is 6. The van der Waals surface area contributed by atoms with Gasteiger partial charge >= 0.3 is 29.6 Å². The molecule has 1 saturated heterocycles. The van der Waals surface area contributed by atoms with E-state index in [4.69, 9.17) is 4.74 Å². The molecule has 8 heteroatoms. The average molecular weight is 341 g/mol. The first-order valence-electron chi connectivity index (χ1n) is 7.84. The third-order valence-electron chi connectivity index (χ3n) is 4.51. The van der Waals surface area contributed by atoms with Crippen LogP contribution in [0, 0.1) is 0 Å². The molecule has 1 aromatic heterocycles. The van der Waals surface area contributed by atoms with E-state index in [1.165, 1.54) is 0 Å². The first kappa shape index (κ1) is 19.2. The number of methoxy groups -OCH3 is 1. The van der Waals surface area contributed by atoms with Gasteiger partial charge in [0.1, 0.15) is 5.75 Å². The molecule has 2 unspecified atom stereocenters. The minimum Gasteiger partial charge on any atom is -0.548 e. The zero-order valence-corrected chi connectivity index (χ0v) is 16.0. The van der Waals surface area contributed by atoms with Crippen LogP contribution >= 0.6 is 0 Å². The number of carboxylic acids is 1. The van der Waals surface area contributed by atoms with Crippen LogP contribution in [0.15, 0.2) is 18.5 Å². The number of carboxylic acid groups (broad SMARTS) is 1. The van der Waals surface area contributed by atoms with E-state index in [1.807, 2.05) is 4.90 Å². The summed E-state index contributed by atoms with van der Waals surface area (Å²) in [6, 6.07) is 0.892. The number of nitrogens with one attached hydrogen (secondary N) is 1. The number of ether oxygens (including phenoxy) is 1. The molecular formula is C16H20N3NaO4. The predicted molar refractivity (Wildman–Crippen MR) is 79.3 cm³/mol. The molecule has 0 aromatic carbocycles. The summed E-state index contributed by atoms with van der Waals surface area (Å²) in [5.74, 6) is -0.564. The van der Waals surface area contributed by atoms with Crippen LogP contribution in [0.1, 0.15) is 31.2 Å². The molecule has 1 aliphatic heterocycles. The smallest absolute Gasteiger partial charge is 0.548 e. The molecule has 2 atom stereocenters. The predicted octanol–water partition coefficient (Wildman–Crippen LogP) is -3.54. The van der Waals surface area contributed by atoms with Gasteiger partial charge in [-0.2, -0.15) is 0 Å². The minimum atomic E-state index is -1.08. The molecule has 1 amide bonds. The van der Waals surface area contributed by atoms with Gasteiger partial charge in [-0.15, -0.1) is 0 Å². The van der Waals surface area contributed by atoms with Crippen LogP contribution in [-0.2, 0) is 16.1 Å². The van der Waals surface area contributed by atoms with Gasteiger partial charge < -0.3 is 20.0 Å². The van der Waals surface area contributed by atoms with Crippen molar-refractivity contribution in [1.29, 1.82) is 0 Å². The minimum absolute atomic E-state index is 0. The fourth-order valence-corrected chi connectivity index (χ4v) is 3.27. The maximum atomic E-state index is 12.5. The monoisotopic (exact) mass is 341 g/mol. The zero-order valence-electron chi connectivity index (χ0n) is 14.0. The van der Waals surface area contributed by atoms with Crippen molar-refractivity contribution >= 4 is 11.9 Å². The Labute approximate surface area is 163 Å². The molecule has 2 heterocycles. The summed E-state index contributed by atoms with van der Waals surface area (Å²) in [4.78, 5) is 29.6. The Morgan fingerprint density at radius 2 is 2.04 bits per heavy atom. The van der Waals surface area contributed by atoms with Gasteiger partial charge in [-0.05, 0) is 31.7 Å². The Morgan fingerprint density at radius 3 is 2.67 bits per heavy atom. The Balaban J connectivity index is 0.00000208. The third-order valence-corrected chi connectivity index (χ3v) is 4.51. The topological polar surface area (TPSA) is 94.6 Å². The number of likely N-dealkylation sites (tertiary alicyclic amines) is 1. The number of aliphatic carboxylic acids is 1. The van der Waals surface area contributed by atoms with Crippen LogP contribution in [-0.4, -0.2) is 47.0 Å². The number of amides is 1. The van der Waals surface area contributed by atoms with E-state index in [-0.39, 0.29) is 41.5 Å². The van der Waals surface area contributed by atoms with Crippen LogP contribution in [0.2, 0.25) is 0 Å². The van der Waals surface area contributed by atoms with Gasteiger partial charge in [-0.3, -0.25) is 14.7 Å². The molecular weight excluding hydrogens is 321 g/mol. The summed E-state index contributed by atoms with van der Waals surface area (Å²) in [5.41, 5.74) is 0.788. The number of hydrogen-bond donors (Lipinski definition) is 1. The Bertz CT molecular complexity index is 609. The molecule has 0 spiro atoms. The number of hydrogen-bond acceptors (Lipinski definition) is 6. The zero-order chi connectivity index (χ0) is 16.4. The summed E-state index contributed by atoms with van der Waals surface area (Å²) < 4.78 is 5.23. The van der Waals surface area contributed by atoms with Crippen LogP contribution in [0.5, 0.6) is 5.75 Å². The fourth-order valence-electron chi connectivity index (χ4n) is 3.27. The second-order valence-electron chi connectivity index (χ2n) is 6.01. The van der Waals surface area contributed by atoms with Crippen molar-refractivity contribution in [3.05, 3.63) is 24.0 Å². The number of carbonyl (C=O) groups excluding carboxylic acids is 2. The summed E-state index contributed by atoms with van der Waals surface area (Å²) in [5, 5.41) is 14.1. The third kappa shape index (κ3) is 4.08. The SMILES string of the molecule is COc1ccncc1CNC(=O)C1CCC(C(=O)[O-])N1C1CC1.[Na+]. The summed E-state index contributed by atoms with van der Waals surface area (Å²) in [6.45, 7) is 0.306. The molecule has 1 aromatic rings. The molecule has 24 heavy (non-hydrogen) atoms. The van der Waals surface area contributed by atoms with Crippen LogP contribution < -0.4 is 44.7 Å². The van der Waals surface area contributed by atoms with Crippen molar-refractivity contribution in [3.8, 4) is 5.75 Å². The first-order chi connectivity index (χ1) is 11.1. The molecule has 3 rings (SSSR count). The van der Waals surface area contributed by atoms with Crippen molar-refractivity contribution < 1.29 is 49.0 Å². The van der Waals surface area contributed by atoms with E-state index in [1.54, 1.807) is 25.6 Å². The number of pyridine rings is 1. The van der Waals surface area contributed by atoms with Crippen molar-refractivity contribution in [2.24, 2.45) is 0 Å². The molecule has 124 valence electrons. The maximum Gasteiger partial charge on any atom is 1.00 e. The quantitative estimate of drug-likeness (QED) is 0.539. The summed E-state index contributed by atoms with van der Waals surface area (Å²) in [6.07, 6.45) is 6.18. The summed E-state index contributed by atoms with van der Waals surface area (Å²) in [7, 11) is 1.57. The van der Waals surface area contributed by atoms with Gasteiger partial charge in [-0.1, -0.05) is 0 Å². The molecule has 2 fully saturated rings. The van der Waals surface area contributed by atoms with Crippen LogP contribution in [0.4, 0.5) is 0 Å². The molecule has 1 aliphatic carbocycles. The van der Waals surface area contributed by atoms with Crippen LogP contribution in [0.3, 0.4) is 0 Å². The standard InChI is InChI=1S/C16H21N3O4.Na/c1-23-14-6-7-17-8-10(14)9-18-15(20)12-4-5-13(16(21)22)19(12)11-2-3-11;/h6-8,11-13H,2-5,9H2,1H3,(H,18,20)(H,21,22);/q;+1/p-1. The van der Waals surface area contributed by atoms with E-state index in [2.05, 4.69) is 10.3 Å². The normalized spacial score (nSPS) is 23.4. The molecule has 2 aliphatic rings. The van der Waals surface area contributed by atoms with Crippen LogP contribution in [0.25, 0.3) is 0 Å². The second-order valence-corrected chi connectivity index (χ2v) is 6.01. The van der Waals surface area contributed by atoms with Crippen molar-refractivity contribution in [3.63, 3.8) is 0 Å². The number of aromatic nitrogens is 1. The molecule has 1 saturated carbocycles. The molecule has 0 bridgehead atoms. The van der Waals surface area contributed by atoms with Gasteiger partial charge in [0.25, 0.3) is 0 Å². The van der Waals surface area contributed by atoms with Crippen molar-refractivity contribution in [2.75, 3.05) is 7.11 Å². The largest absolute Gasteiger partial charge is 1.00 e. The van der Waals surface area contributed by atoms with E-state index < -0.39 is 18.1 Å². The van der Waals surface area contributed by atoms with Gasteiger partial charge in [0.05, 0.1) is 25.2 Å². The second kappa shape index (κ2) is 8.29. The van der Waals surface area contributed by atoms with E-state index >= 15 is 0 Å². The Morgan fingerprint density at radius 1 is 1.33 bits per heavy atom. The van der Waals surface area contributed by atoms with E-state index in [0.717, 1.165) is 18.4 Å². The fraction of sp³-hybridized carbons (Fsp3) is 0.562. The Kier molecular flexibility index (Phi) is 6.62. The van der Waals surface area contributed by atoms with Crippen molar-refractivity contribution in [1.82, 2.24) is 15.2 Å². The summed E-state index contributed by atoms with van der Waals surface area (Å²) >= 11 is 0. The average Bonchev–Trinajstić information content (AvgIpc) is 3.30.